The number of hydrogen-bond acceptors (Lipinski definition) is 15. The van der Waals surface area contributed by atoms with Gasteiger partial charge in [0, 0.05) is 72.4 Å². The zero-order chi connectivity index (χ0) is 86.0. The lowest BCUT2D eigenvalue weighted by molar-refractivity contribution is -0.150. The van der Waals surface area contributed by atoms with Crippen LogP contribution in [0.15, 0.2) is 243 Å². The van der Waals surface area contributed by atoms with E-state index in [9.17, 15) is 28.8 Å². The topological polar surface area (TPSA) is 345 Å². The van der Waals surface area contributed by atoms with Crippen LogP contribution in [0, 0.1) is 0 Å². The van der Waals surface area contributed by atoms with Crippen molar-refractivity contribution in [1.82, 2.24) is 53.9 Å². The molecule has 12 amide bonds. The van der Waals surface area contributed by atoms with E-state index >= 15 is 28.8 Å². The van der Waals surface area contributed by atoms with Gasteiger partial charge in [0.25, 0.3) is 0 Å². The highest BCUT2D eigenvalue weighted by atomic mass is 16.2. The fraction of sp³-hybridized carbons (Fsp3) is 0.355. The highest BCUT2D eigenvalue weighted by Gasteiger charge is 2.35. The molecule has 1 atom stereocenters. The van der Waals surface area contributed by atoms with Crippen LogP contribution in [0.25, 0.3) is 0 Å². The lowest BCUT2D eigenvalue weighted by Crippen LogP contribution is -2.53. The van der Waals surface area contributed by atoms with Crippen LogP contribution in [0.1, 0.15) is 103 Å². The monoisotopic (exact) mass is 1630 g/mol. The summed E-state index contributed by atoms with van der Waals surface area (Å²) in [7, 11) is 0. The number of primary amides is 1. The van der Waals surface area contributed by atoms with E-state index in [1.165, 1.54) is 60.8 Å². The summed E-state index contributed by atoms with van der Waals surface area (Å²) in [5, 5.41) is 0. The molecule has 0 aliphatic rings. The third kappa shape index (κ3) is 31.6. The summed E-state index contributed by atoms with van der Waals surface area (Å²) in [5.41, 5.74) is 29.2. The summed E-state index contributed by atoms with van der Waals surface area (Å²) in [6, 6.07) is 71.3. The molecular weight excluding hydrogens is 1520 g/mol. The van der Waals surface area contributed by atoms with E-state index in [4.69, 9.17) is 22.9 Å². The number of amides is 12. The smallest absolute Gasteiger partial charge is 0.243 e. The lowest BCUT2D eigenvalue weighted by atomic mass is 10.1. The van der Waals surface area contributed by atoms with Crippen LogP contribution in [0.3, 0.4) is 0 Å². The van der Waals surface area contributed by atoms with Crippen LogP contribution >= 0.6 is 0 Å². The summed E-state index contributed by atoms with van der Waals surface area (Å²) >= 11 is 0. The summed E-state index contributed by atoms with van der Waals surface area (Å²) in [5.74, 6) is -7.22. The molecule has 0 bridgehead atoms. The second-order valence-corrected chi connectivity index (χ2v) is 29.8. The van der Waals surface area contributed by atoms with Crippen LogP contribution in [0.2, 0.25) is 0 Å². The first-order chi connectivity index (χ1) is 58.1. The summed E-state index contributed by atoms with van der Waals surface area (Å²) in [6.45, 7) is -1.90. The Hall–Kier alpha value is -12.7. The Balaban J connectivity index is 1.06. The van der Waals surface area contributed by atoms with Gasteiger partial charge in [-0.1, -0.05) is 243 Å². The van der Waals surface area contributed by atoms with Crippen molar-refractivity contribution in [2.45, 2.75) is 104 Å². The zero-order valence-electron chi connectivity index (χ0n) is 69.0. The van der Waals surface area contributed by atoms with Crippen molar-refractivity contribution in [3.63, 3.8) is 0 Å². The first-order valence-electron chi connectivity index (χ1n) is 40.8. The van der Waals surface area contributed by atoms with Crippen molar-refractivity contribution in [3.8, 4) is 0 Å². The summed E-state index contributed by atoms with van der Waals surface area (Å²) in [6.07, 6.45) is 2.49. The minimum atomic E-state index is -0.825. The number of unbranched alkanes of at least 4 members (excludes halogenated alkanes) is 3. The van der Waals surface area contributed by atoms with Gasteiger partial charge < -0.3 is 76.8 Å². The average molecular weight is 1640 g/mol. The minimum Gasteiger partial charge on any atom is -0.368 e. The molecule has 8 aromatic rings. The molecule has 27 nitrogen and oxygen atoms in total. The van der Waals surface area contributed by atoms with Gasteiger partial charge >= 0.3 is 0 Å². The van der Waals surface area contributed by atoms with Crippen LogP contribution in [-0.4, -0.2) is 236 Å². The molecule has 0 heterocycles. The molecule has 27 heteroatoms. The van der Waals surface area contributed by atoms with E-state index in [1.807, 2.05) is 78.9 Å². The number of hydrogen-bond donors (Lipinski definition) is 4. The Morgan fingerprint density at radius 1 is 0.242 bits per heavy atom. The van der Waals surface area contributed by atoms with Crippen molar-refractivity contribution >= 4 is 70.9 Å². The zero-order valence-corrected chi connectivity index (χ0v) is 69.0. The SMILES string of the molecule is CC(=O)N(CC(=O)N(CC(=O)N(CCCCN)CC(=O)N(CC(=O)N(CC(=O)N(CCCCN)CC(=O)N(CC(=O)N(CC(=O)N(CCCCN)CC(=O)N(CC(=O)N(CC(N)=O)Cc1ccccc1)Cc1ccccc1)Cc1ccccc1)[C@@H](C)c1ccccc1)Cc1ccccc1)Cc1ccccc1)Cc1ccccc1)Cc1ccccc1. The van der Waals surface area contributed by atoms with Gasteiger partial charge in [-0.3, -0.25) is 57.5 Å². The van der Waals surface area contributed by atoms with Crippen molar-refractivity contribution in [3.05, 3.63) is 287 Å². The van der Waals surface area contributed by atoms with Gasteiger partial charge in [0.2, 0.25) is 70.9 Å². The minimum absolute atomic E-state index is 0.00568. The number of benzene rings is 8. The fourth-order valence-electron chi connectivity index (χ4n) is 13.7. The van der Waals surface area contributed by atoms with Gasteiger partial charge in [-0.05, 0) is 110 Å². The average Bonchev–Trinajstić information content (AvgIpc) is 0.813. The molecule has 0 saturated carbocycles. The predicted molar refractivity (Wildman–Crippen MR) is 459 cm³/mol. The Morgan fingerprint density at radius 3 is 0.667 bits per heavy atom. The molecule has 0 spiro atoms. The van der Waals surface area contributed by atoms with Gasteiger partial charge in [0.15, 0.2) is 0 Å². The van der Waals surface area contributed by atoms with E-state index in [2.05, 4.69) is 0 Å². The van der Waals surface area contributed by atoms with Crippen LogP contribution in [-0.2, 0) is 103 Å². The molecule has 8 rings (SSSR count). The van der Waals surface area contributed by atoms with E-state index in [1.54, 1.807) is 171 Å². The third-order valence-corrected chi connectivity index (χ3v) is 20.4. The molecule has 634 valence electrons. The maximum atomic E-state index is 15.7. The Morgan fingerprint density at radius 2 is 0.433 bits per heavy atom. The molecule has 8 aromatic carbocycles. The molecule has 0 aliphatic carbocycles. The number of nitrogens with two attached hydrogens (primary N) is 4. The predicted octanol–water partition coefficient (Wildman–Crippen LogP) is 6.99. The lowest BCUT2D eigenvalue weighted by Gasteiger charge is -2.35. The summed E-state index contributed by atoms with van der Waals surface area (Å²) < 4.78 is 0. The molecule has 0 radical (unpaired) electrons. The highest BCUT2D eigenvalue weighted by Crippen LogP contribution is 2.23. The third-order valence-electron chi connectivity index (χ3n) is 20.4. The number of carbonyl (C=O) groups excluding carboxylic acids is 12. The Labute approximate surface area is 704 Å². The molecule has 0 aliphatic heterocycles. The number of rotatable bonds is 50. The Bertz CT molecular complexity index is 4550. The van der Waals surface area contributed by atoms with Crippen molar-refractivity contribution in [2.24, 2.45) is 22.9 Å². The van der Waals surface area contributed by atoms with E-state index in [-0.39, 0.29) is 97.5 Å². The Kier molecular flexibility index (Phi) is 38.8. The van der Waals surface area contributed by atoms with Crippen LogP contribution in [0.5, 0.6) is 0 Å². The number of carbonyl (C=O) groups is 12. The highest BCUT2D eigenvalue weighted by molar-refractivity contribution is 5.95. The van der Waals surface area contributed by atoms with E-state index in [0.717, 1.165) is 16.7 Å². The molecule has 0 unspecified atom stereocenters. The maximum Gasteiger partial charge on any atom is 0.243 e. The summed E-state index contributed by atoms with van der Waals surface area (Å²) in [4.78, 5) is 192. The van der Waals surface area contributed by atoms with Gasteiger partial charge in [0.05, 0.1) is 32.2 Å². The van der Waals surface area contributed by atoms with Crippen LogP contribution < -0.4 is 22.9 Å². The van der Waals surface area contributed by atoms with Crippen molar-refractivity contribution in [2.75, 3.05) is 111 Å². The molecular formula is C93H115N15O12. The van der Waals surface area contributed by atoms with Crippen molar-refractivity contribution < 1.29 is 57.5 Å². The van der Waals surface area contributed by atoms with Gasteiger partial charge in [-0.25, -0.2) is 0 Å². The molecule has 0 aromatic heterocycles. The number of nitrogens with zero attached hydrogens (tertiary/aromatic N) is 11. The standard InChI is InChI=1S/C93H115N15O12/c1-73(82-47-25-10-26-48-82)108(72-92(119)107(61-81-45-23-9-24-46-81)68-85(112)99(53-31-28-50-95)63-87(114)105(59-79-41-19-7-20-42-79)69-90(117)102(62-83(97)110)56-76-35-13-4-14-36-76)93(120)71-100(54-32-29-51-96)86(113)67-104(58-78-39-17-6-18-40-78)91(118)70-106(60-80-43-21-8-22-44-80)88(115)64-98(52-30-27-49-94)84(111)66-103(57-77-37-15-5-16-38-77)89(116)65-101(74(2)109)55-75-33-11-3-12-34-75/h3-26,33-48,73H,27-32,49-72,94-96H2,1-2H3,(H2,97,110)/t73-/m0/s1. The molecule has 0 saturated heterocycles. The molecule has 0 fully saturated rings. The van der Waals surface area contributed by atoms with E-state index in [0.29, 0.717) is 66.3 Å². The van der Waals surface area contributed by atoms with Gasteiger partial charge in [0.1, 0.15) is 45.8 Å². The van der Waals surface area contributed by atoms with E-state index < -0.39 is 136 Å². The first-order valence-corrected chi connectivity index (χ1v) is 40.8. The molecule has 120 heavy (non-hydrogen) atoms. The first kappa shape index (κ1) is 92.8. The molecule has 8 N–H and O–H groups in total. The quantitative estimate of drug-likeness (QED) is 0.0279. The largest absolute Gasteiger partial charge is 0.368 e. The van der Waals surface area contributed by atoms with Gasteiger partial charge in [-0.15, -0.1) is 0 Å². The second kappa shape index (κ2) is 50.1. The fourth-order valence-corrected chi connectivity index (χ4v) is 13.7. The van der Waals surface area contributed by atoms with Crippen molar-refractivity contribution in [1.29, 1.82) is 0 Å². The van der Waals surface area contributed by atoms with Gasteiger partial charge in [-0.2, -0.15) is 0 Å². The van der Waals surface area contributed by atoms with Crippen LogP contribution in [0.4, 0.5) is 0 Å². The maximum absolute atomic E-state index is 15.7. The normalized spacial score (nSPS) is 11.1. The second-order valence-electron chi connectivity index (χ2n) is 29.8.